The summed E-state index contributed by atoms with van der Waals surface area (Å²) in [7, 11) is 0. The summed E-state index contributed by atoms with van der Waals surface area (Å²) in [6.07, 6.45) is -2.50. The van der Waals surface area contributed by atoms with Gasteiger partial charge in [-0.15, -0.1) is 0 Å². The molecule has 4 nitrogen and oxygen atoms in total. The van der Waals surface area contributed by atoms with E-state index in [1.807, 2.05) is 0 Å². The molecule has 0 bridgehead atoms. The van der Waals surface area contributed by atoms with Gasteiger partial charge in [0.25, 0.3) is 0 Å². The third kappa shape index (κ3) is 1.62. The predicted molar refractivity (Wildman–Crippen MR) is 28.5 cm³/mol. The van der Waals surface area contributed by atoms with Gasteiger partial charge in [-0.2, -0.15) is 0 Å². The summed E-state index contributed by atoms with van der Waals surface area (Å²) in [5.41, 5.74) is 0. The van der Waals surface area contributed by atoms with E-state index < -0.39 is 12.6 Å². The van der Waals surface area contributed by atoms with Gasteiger partial charge in [-0.05, 0) is 6.92 Å². The van der Waals surface area contributed by atoms with Crippen LogP contribution in [0.2, 0.25) is 0 Å². The Morgan fingerprint density at radius 3 is 2.44 bits per heavy atom. The smallest absolute Gasteiger partial charge is 0.207 e. The van der Waals surface area contributed by atoms with Crippen molar-refractivity contribution in [3.63, 3.8) is 0 Å². The van der Waals surface area contributed by atoms with E-state index in [1.165, 1.54) is 0 Å². The maximum atomic E-state index is 8.75. The van der Waals surface area contributed by atoms with Gasteiger partial charge in [0.2, 0.25) is 12.6 Å². The zero-order valence-electron chi connectivity index (χ0n) is 5.15. The summed E-state index contributed by atoms with van der Waals surface area (Å²) in [6.45, 7) is 2.09. The quantitative estimate of drug-likeness (QED) is 0.449. The molecule has 1 aliphatic rings. The molecule has 0 saturated carbocycles. The van der Waals surface area contributed by atoms with Crippen LogP contribution in [0, 0.1) is 0 Å². The first kappa shape index (κ1) is 6.95. The summed E-state index contributed by atoms with van der Waals surface area (Å²) in [5, 5.41) is 17.4. The Hall–Kier alpha value is -0.160. The number of aliphatic hydroxyl groups excluding tert-OH is 2. The normalized spacial score (nSPS) is 45.0. The lowest BCUT2D eigenvalue weighted by Crippen LogP contribution is -2.42. The van der Waals surface area contributed by atoms with Crippen LogP contribution >= 0.6 is 0 Å². The predicted octanol–water partition coefficient (Wildman–Crippen LogP) is -0.942. The first-order valence-electron chi connectivity index (χ1n) is 2.83. The number of hydrogen-bond acceptors (Lipinski definition) is 4. The highest BCUT2D eigenvalue weighted by Gasteiger charge is 2.25. The van der Waals surface area contributed by atoms with E-state index >= 15 is 0 Å². The molecule has 0 aromatic heterocycles. The summed E-state index contributed by atoms with van der Waals surface area (Å²) in [4.78, 5) is 0. The van der Waals surface area contributed by atoms with Crippen molar-refractivity contribution in [1.82, 2.24) is 0 Å². The minimum atomic E-state index is -1.19. The van der Waals surface area contributed by atoms with Crippen molar-refractivity contribution in [2.24, 2.45) is 0 Å². The summed E-state index contributed by atoms with van der Waals surface area (Å²) >= 11 is 0. The lowest BCUT2D eigenvalue weighted by Gasteiger charge is -2.28. The van der Waals surface area contributed by atoms with E-state index in [1.54, 1.807) is 6.92 Å². The van der Waals surface area contributed by atoms with Gasteiger partial charge in [0.05, 0.1) is 12.7 Å². The average molecular weight is 134 g/mol. The summed E-state index contributed by atoms with van der Waals surface area (Å²) in [5.74, 6) is 0. The second-order valence-electron chi connectivity index (χ2n) is 2.06. The third-order valence-corrected chi connectivity index (χ3v) is 1.12. The molecular weight excluding hydrogens is 124 g/mol. The van der Waals surface area contributed by atoms with Gasteiger partial charge in [-0.25, -0.2) is 0 Å². The van der Waals surface area contributed by atoms with Crippen molar-refractivity contribution < 1.29 is 19.7 Å². The number of rotatable bonds is 0. The average Bonchev–Trinajstić information content (AvgIpc) is 1.80. The Morgan fingerprint density at radius 1 is 1.33 bits per heavy atom. The molecule has 1 rings (SSSR count). The number of ether oxygens (including phenoxy) is 2. The molecule has 2 N–H and O–H groups in total. The fourth-order valence-electron chi connectivity index (χ4n) is 0.661. The van der Waals surface area contributed by atoms with E-state index in [-0.39, 0.29) is 6.10 Å². The minimum Gasteiger partial charge on any atom is -0.364 e. The Bertz CT molecular complexity index is 95.0. The van der Waals surface area contributed by atoms with Crippen molar-refractivity contribution in [2.45, 2.75) is 25.6 Å². The second-order valence-corrected chi connectivity index (χ2v) is 2.06. The van der Waals surface area contributed by atoms with Crippen LogP contribution in [0.25, 0.3) is 0 Å². The standard InChI is InChI=1S/C5H10O4/c1-3-2-8-4(6)5(7)9-3/h3-7H,2H2,1H3. The second kappa shape index (κ2) is 2.62. The molecule has 54 valence electrons. The number of aliphatic hydroxyl groups is 2. The molecule has 4 heteroatoms. The van der Waals surface area contributed by atoms with Crippen LogP contribution in [0.1, 0.15) is 6.92 Å². The molecule has 0 spiro atoms. The molecule has 1 saturated heterocycles. The Balaban J connectivity index is 2.35. The van der Waals surface area contributed by atoms with Gasteiger partial charge in [0, 0.05) is 0 Å². The monoisotopic (exact) mass is 134 g/mol. The van der Waals surface area contributed by atoms with Crippen LogP contribution < -0.4 is 0 Å². The van der Waals surface area contributed by atoms with Gasteiger partial charge in [0.15, 0.2) is 0 Å². The van der Waals surface area contributed by atoms with Gasteiger partial charge < -0.3 is 19.7 Å². The van der Waals surface area contributed by atoms with Crippen molar-refractivity contribution in [3.8, 4) is 0 Å². The molecule has 1 fully saturated rings. The fourth-order valence-corrected chi connectivity index (χ4v) is 0.661. The molecule has 0 radical (unpaired) electrons. The van der Waals surface area contributed by atoms with Crippen LogP contribution in [-0.2, 0) is 9.47 Å². The van der Waals surface area contributed by atoms with E-state index in [0.717, 1.165) is 0 Å². The highest BCUT2D eigenvalue weighted by Crippen LogP contribution is 2.09. The Labute approximate surface area is 53.0 Å². The molecule has 0 amide bonds. The first-order valence-corrected chi connectivity index (χ1v) is 2.83. The molecule has 1 heterocycles. The molecule has 0 aromatic rings. The molecule has 3 atom stereocenters. The zero-order valence-corrected chi connectivity index (χ0v) is 5.15. The van der Waals surface area contributed by atoms with Crippen molar-refractivity contribution in [2.75, 3.05) is 6.61 Å². The van der Waals surface area contributed by atoms with Gasteiger partial charge in [-0.1, -0.05) is 0 Å². The highest BCUT2D eigenvalue weighted by molar-refractivity contribution is 4.58. The van der Waals surface area contributed by atoms with Gasteiger partial charge >= 0.3 is 0 Å². The molecule has 0 aromatic carbocycles. The van der Waals surface area contributed by atoms with Crippen molar-refractivity contribution in [1.29, 1.82) is 0 Å². The zero-order chi connectivity index (χ0) is 6.85. The lowest BCUT2D eigenvalue weighted by molar-refractivity contribution is -0.311. The Morgan fingerprint density at radius 2 is 2.00 bits per heavy atom. The van der Waals surface area contributed by atoms with Crippen LogP contribution in [-0.4, -0.2) is 35.5 Å². The molecular formula is C5H10O4. The van der Waals surface area contributed by atoms with Crippen LogP contribution in [0.5, 0.6) is 0 Å². The largest absolute Gasteiger partial charge is 0.364 e. The maximum Gasteiger partial charge on any atom is 0.207 e. The lowest BCUT2D eigenvalue weighted by atomic mass is 10.4. The van der Waals surface area contributed by atoms with E-state index in [2.05, 4.69) is 4.74 Å². The van der Waals surface area contributed by atoms with Crippen molar-refractivity contribution in [3.05, 3.63) is 0 Å². The molecule has 1 aliphatic heterocycles. The van der Waals surface area contributed by atoms with Crippen LogP contribution in [0.15, 0.2) is 0 Å². The highest BCUT2D eigenvalue weighted by atomic mass is 16.7. The summed E-state index contributed by atoms with van der Waals surface area (Å²) in [6, 6.07) is 0. The first-order chi connectivity index (χ1) is 4.20. The van der Waals surface area contributed by atoms with Crippen LogP contribution in [0.4, 0.5) is 0 Å². The van der Waals surface area contributed by atoms with Gasteiger partial charge in [-0.3, -0.25) is 0 Å². The van der Waals surface area contributed by atoms with E-state index in [9.17, 15) is 0 Å². The molecule has 9 heavy (non-hydrogen) atoms. The van der Waals surface area contributed by atoms with Crippen molar-refractivity contribution >= 4 is 0 Å². The SMILES string of the molecule is CC1COC(O)C(O)O1. The third-order valence-electron chi connectivity index (χ3n) is 1.12. The summed E-state index contributed by atoms with van der Waals surface area (Å²) < 4.78 is 9.46. The maximum absolute atomic E-state index is 8.75. The van der Waals surface area contributed by atoms with E-state index in [4.69, 9.17) is 14.9 Å². The number of hydrogen-bond donors (Lipinski definition) is 2. The minimum absolute atomic E-state index is 0.136. The topological polar surface area (TPSA) is 58.9 Å². The van der Waals surface area contributed by atoms with E-state index in [0.29, 0.717) is 6.61 Å². The molecule has 0 aliphatic carbocycles. The molecule has 3 unspecified atom stereocenters. The fraction of sp³-hybridized carbons (Fsp3) is 1.00. The van der Waals surface area contributed by atoms with Gasteiger partial charge in [0.1, 0.15) is 0 Å². The van der Waals surface area contributed by atoms with Crippen LogP contribution in [0.3, 0.4) is 0 Å². The Kier molecular flexibility index (Phi) is 2.02.